The molecule has 0 amide bonds. The van der Waals surface area contributed by atoms with Gasteiger partial charge in [0.1, 0.15) is 0 Å². The smallest absolute Gasteiger partial charge is 0.337 e. The second kappa shape index (κ2) is 5.05. The van der Waals surface area contributed by atoms with E-state index >= 15 is 0 Å². The molecule has 6 heteroatoms. The molecule has 0 radical (unpaired) electrons. The molecule has 94 valence electrons. The third-order valence-electron chi connectivity index (χ3n) is 2.54. The Hall–Kier alpha value is -2.08. The van der Waals surface area contributed by atoms with Gasteiger partial charge < -0.3 is 15.7 Å². The summed E-state index contributed by atoms with van der Waals surface area (Å²) in [6.45, 7) is 0.563. The minimum Gasteiger partial charge on any atom is -0.478 e. The lowest BCUT2D eigenvalue weighted by Crippen LogP contribution is -2.19. The summed E-state index contributed by atoms with van der Waals surface area (Å²) < 4.78 is 0. The number of hydrogen-bond donors (Lipinski definition) is 2. The molecule has 0 unspecified atom stereocenters. The number of aromatic carboxylic acids is 1. The maximum Gasteiger partial charge on any atom is 0.337 e. The van der Waals surface area contributed by atoms with Crippen LogP contribution in [0.3, 0.4) is 0 Å². The van der Waals surface area contributed by atoms with Gasteiger partial charge in [-0.15, -0.1) is 11.3 Å². The van der Waals surface area contributed by atoms with Crippen molar-refractivity contribution < 1.29 is 9.90 Å². The summed E-state index contributed by atoms with van der Waals surface area (Å²) in [4.78, 5) is 17.2. The van der Waals surface area contributed by atoms with Gasteiger partial charge in [-0.3, -0.25) is 0 Å². The number of anilines is 2. The van der Waals surface area contributed by atoms with Crippen LogP contribution in [0.5, 0.6) is 0 Å². The van der Waals surface area contributed by atoms with Crippen molar-refractivity contribution in [1.82, 2.24) is 4.98 Å². The maximum atomic E-state index is 11.2. The molecular formula is C12H13N3O2S. The lowest BCUT2D eigenvalue weighted by atomic mass is 10.1. The maximum absolute atomic E-state index is 11.2. The summed E-state index contributed by atoms with van der Waals surface area (Å²) in [5, 5.41) is 11.1. The SMILES string of the molecule is CN(Cc1cscn1)c1ccc(N)cc1C(=O)O. The first-order valence-electron chi connectivity index (χ1n) is 5.29. The fraction of sp³-hybridized carbons (Fsp3) is 0.167. The van der Waals surface area contributed by atoms with Crippen LogP contribution in [0.2, 0.25) is 0 Å². The highest BCUT2D eigenvalue weighted by Crippen LogP contribution is 2.23. The molecule has 0 fully saturated rings. The van der Waals surface area contributed by atoms with Crippen molar-refractivity contribution in [2.45, 2.75) is 6.54 Å². The summed E-state index contributed by atoms with van der Waals surface area (Å²) in [6.07, 6.45) is 0. The van der Waals surface area contributed by atoms with Crippen LogP contribution in [-0.4, -0.2) is 23.1 Å². The predicted octanol–water partition coefficient (Wildman–Crippen LogP) is 2.06. The average Bonchev–Trinajstić information content (AvgIpc) is 2.81. The molecule has 1 heterocycles. The van der Waals surface area contributed by atoms with E-state index in [0.29, 0.717) is 17.9 Å². The quantitative estimate of drug-likeness (QED) is 0.825. The molecule has 0 atom stereocenters. The molecular weight excluding hydrogens is 250 g/mol. The number of rotatable bonds is 4. The van der Waals surface area contributed by atoms with Gasteiger partial charge in [0.2, 0.25) is 0 Å². The normalized spacial score (nSPS) is 10.3. The van der Waals surface area contributed by atoms with E-state index in [1.807, 2.05) is 17.3 Å². The highest BCUT2D eigenvalue weighted by Gasteiger charge is 2.14. The molecule has 1 aromatic heterocycles. The second-order valence-electron chi connectivity index (χ2n) is 3.92. The summed E-state index contributed by atoms with van der Waals surface area (Å²) in [7, 11) is 1.83. The van der Waals surface area contributed by atoms with Crippen molar-refractivity contribution in [3.05, 3.63) is 40.3 Å². The first-order valence-corrected chi connectivity index (χ1v) is 6.23. The van der Waals surface area contributed by atoms with E-state index in [4.69, 9.17) is 10.8 Å². The van der Waals surface area contributed by atoms with Crippen molar-refractivity contribution >= 4 is 28.7 Å². The summed E-state index contributed by atoms with van der Waals surface area (Å²) in [5.74, 6) is -0.984. The number of thiazole rings is 1. The molecule has 0 spiro atoms. The van der Waals surface area contributed by atoms with Crippen molar-refractivity contribution in [1.29, 1.82) is 0 Å². The molecule has 2 aromatic rings. The number of nitrogen functional groups attached to an aromatic ring is 1. The van der Waals surface area contributed by atoms with Gasteiger partial charge >= 0.3 is 5.97 Å². The third kappa shape index (κ3) is 2.60. The Bertz CT molecular complexity index is 554. The molecule has 18 heavy (non-hydrogen) atoms. The zero-order valence-corrected chi connectivity index (χ0v) is 10.6. The summed E-state index contributed by atoms with van der Waals surface area (Å²) in [5.41, 5.74) is 9.55. The van der Waals surface area contributed by atoms with E-state index in [1.165, 1.54) is 17.4 Å². The van der Waals surface area contributed by atoms with Gasteiger partial charge in [-0.05, 0) is 18.2 Å². The fourth-order valence-electron chi connectivity index (χ4n) is 1.70. The van der Waals surface area contributed by atoms with E-state index in [1.54, 1.807) is 17.6 Å². The second-order valence-corrected chi connectivity index (χ2v) is 4.64. The van der Waals surface area contributed by atoms with Gasteiger partial charge in [0.05, 0.1) is 29.0 Å². The number of carboxylic acids is 1. The summed E-state index contributed by atoms with van der Waals surface area (Å²) >= 11 is 1.52. The lowest BCUT2D eigenvalue weighted by Gasteiger charge is -2.20. The number of nitrogens with two attached hydrogens (primary N) is 1. The van der Waals surface area contributed by atoms with Crippen LogP contribution in [0, 0.1) is 0 Å². The van der Waals surface area contributed by atoms with Gasteiger partial charge in [0, 0.05) is 18.1 Å². The number of carbonyl (C=O) groups is 1. The lowest BCUT2D eigenvalue weighted by molar-refractivity contribution is 0.0697. The van der Waals surface area contributed by atoms with E-state index in [9.17, 15) is 4.79 Å². The Labute approximate surface area is 108 Å². The van der Waals surface area contributed by atoms with Crippen molar-refractivity contribution in [3.63, 3.8) is 0 Å². The average molecular weight is 263 g/mol. The van der Waals surface area contributed by atoms with Gasteiger partial charge in [0.15, 0.2) is 0 Å². The standard InChI is InChI=1S/C12H13N3O2S/c1-15(5-9-6-18-7-14-9)11-3-2-8(13)4-10(11)12(16)17/h2-4,6-7H,5,13H2,1H3,(H,16,17). The van der Waals surface area contributed by atoms with E-state index in [2.05, 4.69) is 4.98 Å². The molecule has 0 aliphatic carbocycles. The van der Waals surface area contributed by atoms with Gasteiger partial charge in [-0.1, -0.05) is 0 Å². The van der Waals surface area contributed by atoms with Crippen molar-refractivity contribution in [2.75, 3.05) is 17.7 Å². The Balaban J connectivity index is 2.29. The van der Waals surface area contributed by atoms with Crippen LogP contribution < -0.4 is 10.6 Å². The first-order chi connectivity index (χ1) is 8.58. The number of hydrogen-bond acceptors (Lipinski definition) is 5. The van der Waals surface area contributed by atoms with Gasteiger partial charge in [-0.2, -0.15) is 0 Å². The topological polar surface area (TPSA) is 79.5 Å². The Morgan fingerprint density at radius 2 is 2.33 bits per heavy atom. The minimum absolute atomic E-state index is 0.202. The molecule has 3 N–H and O–H groups in total. The van der Waals surface area contributed by atoms with Crippen LogP contribution in [0.25, 0.3) is 0 Å². The van der Waals surface area contributed by atoms with Crippen LogP contribution in [0.1, 0.15) is 16.1 Å². The molecule has 0 bridgehead atoms. The number of carboxylic acid groups (broad SMARTS) is 1. The molecule has 0 saturated carbocycles. The highest BCUT2D eigenvalue weighted by molar-refractivity contribution is 7.07. The Morgan fingerprint density at radius 3 is 2.94 bits per heavy atom. The van der Waals surface area contributed by atoms with Crippen LogP contribution in [0.15, 0.2) is 29.1 Å². The Morgan fingerprint density at radius 1 is 1.56 bits per heavy atom. The molecule has 0 aliphatic rings. The predicted molar refractivity (Wildman–Crippen MR) is 72.0 cm³/mol. The van der Waals surface area contributed by atoms with Crippen molar-refractivity contribution in [3.8, 4) is 0 Å². The first kappa shape index (κ1) is 12.4. The highest BCUT2D eigenvalue weighted by atomic mass is 32.1. The monoisotopic (exact) mass is 263 g/mol. The minimum atomic E-state index is -0.984. The zero-order valence-electron chi connectivity index (χ0n) is 9.83. The molecule has 0 aliphatic heterocycles. The zero-order chi connectivity index (χ0) is 13.1. The van der Waals surface area contributed by atoms with Gasteiger partial charge in [-0.25, -0.2) is 9.78 Å². The third-order valence-corrected chi connectivity index (χ3v) is 3.18. The van der Waals surface area contributed by atoms with Gasteiger partial charge in [0.25, 0.3) is 0 Å². The van der Waals surface area contributed by atoms with E-state index < -0.39 is 5.97 Å². The molecule has 1 aromatic carbocycles. The largest absolute Gasteiger partial charge is 0.478 e. The summed E-state index contributed by atoms with van der Waals surface area (Å²) in [6, 6.07) is 4.87. The Kier molecular flexibility index (Phi) is 3.47. The van der Waals surface area contributed by atoms with E-state index in [0.717, 1.165) is 5.69 Å². The fourth-order valence-corrected chi connectivity index (χ4v) is 2.25. The van der Waals surface area contributed by atoms with E-state index in [-0.39, 0.29) is 5.56 Å². The number of nitrogens with zero attached hydrogens (tertiary/aromatic N) is 2. The van der Waals surface area contributed by atoms with Crippen LogP contribution in [0.4, 0.5) is 11.4 Å². The van der Waals surface area contributed by atoms with Crippen LogP contribution >= 0.6 is 11.3 Å². The molecule has 5 nitrogen and oxygen atoms in total. The van der Waals surface area contributed by atoms with Crippen molar-refractivity contribution in [2.24, 2.45) is 0 Å². The number of aromatic nitrogens is 1. The molecule has 0 saturated heterocycles. The van der Waals surface area contributed by atoms with Crippen LogP contribution in [-0.2, 0) is 6.54 Å². The molecule has 2 rings (SSSR count). The number of benzene rings is 1.